The molecule has 35 heavy (non-hydrogen) atoms. The molecule has 0 saturated carbocycles. The first kappa shape index (κ1) is 22.7. The number of rotatable bonds is 8. The molecular formula is C29H29N3O3. The van der Waals surface area contributed by atoms with Crippen molar-refractivity contribution in [2.45, 2.75) is 25.8 Å². The first-order valence-electron chi connectivity index (χ1n) is 12.0. The van der Waals surface area contributed by atoms with E-state index in [0.29, 0.717) is 18.7 Å². The number of hydrogen-bond acceptors (Lipinski definition) is 3. The number of para-hydroxylation sites is 1. The van der Waals surface area contributed by atoms with E-state index in [4.69, 9.17) is 4.74 Å². The van der Waals surface area contributed by atoms with E-state index in [0.717, 1.165) is 45.5 Å². The lowest BCUT2D eigenvalue weighted by Crippen LogP contribution is -2.34. The van der Waals surface area contributed by atoms with Gasteiger partial charge < -0.3 is 19.9 Å². The summed E-state index contributed by atoms with van der Waals surface area (Å²) in [6, 6.07) is 23.5. The highest BCUT2D eigenvalue weighted by molar-refractivity contribution is 6.02. The molecule has 0 fully saturated rings. The van der Waals surface area contributed by atoms with Crippen LogP contribution in [0.15, 0.2) is 72.8 Å². The van der Waals surface area contributed by atoms with Gasteiger partial charge in [0.15, 0.2) is 0 Å². The van der Waals surface area contributed by atoms with Crippen LogP contribution in [-0.2, 0) is 4.79 Å². The minimum absolute atomic E-state index is 0.0405. The standard InChI is InChI=1S/C29H29N3O3/c1-3-16-30-25(33)15-17-32-28(21-11-4-5-12-22(21)29(32)34)26-23-13-6-7-14-24(23)31-27(26)19-9-8-10-20(18-19)35-2/h4-14,18,28,31H,3,15-17H2,1-2H3,(H,30,33)/t28-/m1/s1. The van der Waals surface area contributed by atoms with Crippen LogP contribution in [0.1, 0.15) is 47.3 Å². The van der Waals surface area contributed by atoms with Gasteiger partial charge in [0.1, 0.15) is 5.75 Å². The topological polar surface area (TPSA) is 74.4 Å². The summed E-state index contributed by atoms with van der Waals surface area (Å²) in [6.07, 6.45) is 1.13. The molecule has 2 N–H and O–H groups in total. The van der Waals surface area contributed by atoms with Crippen LogP contribution in [0.2, 0.25) is 0 Å². The third-order valence-electron chi connectivity index (χ3n) is 6.59. The normalized spacial score (nSPS) is 14.9. The summed E-state index contributed by atoms with van der Waals surface area (Å²) in [4.78, 5) is 31.4. The monoisotopic (exact) mass is 467 g/mol. The zero-order valence-corrected chi connectivity index (χ0v) is 20.0. The van der Waals surface area contributed by atoms with Crippen LogP contribution in [0.5, 0.6) is 5.75 Å². The number of aromatic amines is 1. The second-order valence-corrected chi connectivity index (χ2v) is 8.78. The quantitative estimate of drug-likeness (QED) is 0.369. The van der Waals surface area contributed by atoms with Crippen molar-refractivity contribution in [3.05, 3.63) is 89.5 Å². The van der Waals surface area contributed by atoms with Crippen molar-refractivity contribution in [1.29, 1.82) is 0 Å². The lowest BCUT2D eigenvalue weighted by atomic mass is 9.93. The van der Waals surface area contributed by atoms with Crippen LogP contribution in [0, 0.1) is 0 Å². The first-order chi connectivity index (χ1) is 17.1. The van der Waals surface area contributed by atoms with Crippen molar-refractivity contribution < 1.29 is 14.3 Å². The molecule has 2 amide bonds. The highest BCUT2D eigenvalue weighted by Gasteiger charge is 2.40. The third kappa shape index (κ3) is 4.16. The lowest BCUT2D eigenvalue weighted by Gasteiger charge is -2.26. The van der Waals surface area contributed by atoms with Crippen molar-refractivity contribution in [2.75, 3.05) is 20.2 Å². The number of nitrogens with zero attached hydrogens (tertiary/aromatic N) is 1. The summed E-state index contributed by atoms with van der Waals surface area (Å²) in [5.41, 5.74) is 5.60. The number of H-pyrrole nitrogens is 1. The number of aromatic nitrogens is 1. The maximum absolute atomic E-state index is 13.6. The van der Waals surface area contributed by atoms with Crippen LogP contribution in [0.25, 0.3) is 22.2 Å². The Hall–Kier alpha value is -4.06. The molecular weight excluding hydrogens is 438 g/mol. The van der Waals surface area contributed by atoms with Gasteiger partial charge in [-0.1, -0.05) is 55.5 Å². The maximum Gasteiger partial charge on any atom is 0.255 e. The molecule has 0 radical (unpaired) electrons. The molecule has 0 aliphatic carbocycles. The molecule has 3 aromatic carbocycles. The molecule has 0 spiro atoms. The Labute approximate surface area is 204 Å². The van der Waals surface area contributed by atoms with E-state index in [2.05, 4.69) is 16.4 Å². The first-order valence-corrected chi connectivity index (χ1v) is 12.0. The molecule has 0 unspecified atom stereocenters. The van der Waals surface area contributed by atoms with Gasteiger partial charge in [-0.15, -0.1) is 0 Å². The predicted molar refractivity (Wildman–Crippen MR) is 138 cm³/mol. The van der Waals surface area contributed by atoms with Gasteiger partial charge in [-0.3, -0.25) is 9.59 Å². The summed E-state index contributed by atoms with van der Waals surface area (Å²) in [6.45, 7) is 3.00. The molecule has 6 heteroatoms. The van der Waals surface area contributed by atoms with E-state index in [-0.39, 0.29) is 24.3 Å². The maximum atomic E-state index is 13.6. The molecule has 5 rings (SSSR count). The summed E-state index contributed by atoms with van der Waals surface area (Å²) < 4.78 is 5.48. The molecule has 6 nitrogen and oxygen atoms in total. The van der Waals surface area contributed by atoms with E-state index >= 15 is 0 Å². The molecule has 1 aliphatic rings. The molecule has 2 heterocycles. The second-order valence-electron chi connectivity index (χ2n) is 8.78. The number of hydrogen-bond donors (Lipinski definition) is 2. The van der Waals surface area contributed by atoms with Crippen LogP contribution in [0.3, 0.4) is 0 Å². The third-order valence-corrected chi connectivity index (χ3v) is 6.59. The Morgan fingerprint density at radius 1 is 1.06 bits per heavy atom. The summed E-state index contributed by atoms with van der Waals surface area (Å²) in [5.74, 6) is 0.677. The smallest absolute Gasteiger partial charge is 0.255 e. The Morgan fingerprint density at radius 2 is 1.86 bits per heavy atom. The minimum atomic E-state index is -0.310. The summed E-state index contributed by atoms with van der Waals surface area (Å²) >= 11 is 0. The van der Waals surface area contributed by atoms with Gasteiger partial charge in [-0.2, -0.15) is 0 Å². The van der Waals surface area contributed by atoms with E-state index in [1.807, 2.05) is 78.6 Å². The number of ether oxygens (including phenoxy) is 1. The number of carbonyl (C=O) groups excluding carboxylic acids is 2. The van der Waals surface area contributed by atoms with Crippen molar-refractivity contribution in [3.8, 4) is 17.0 Å². The Bertz CT molecular complexity index is 1390. The van der Waals surface area contributed by atoms with Gasteiger partial charge in [0.05, 0.1) is 18.8 Å². The van der Waals surface area contributed by atoms with Gasteiger partial charge in [0.25, 0.3) is 5.91 Å². The zero-order chi connectivity index (χ0) is 24.4. The van der Waals surface area contributed by atoms with Crippen molar-refractivity contribution in [3.63, 3.8) is 0 Å². The van der Waals surface area contributed by atoms with Gasteiger partial charge in [-0.05, 0) is 36.2 Å². The van der Waals surface area contributed by atoms with E-state index in [1.54, 1.807) is 7.11 Å². The number of carbonyl (C=O) groups is 2. The van der Waals surface area contributed by atoms with Gasteiger partial charge in [0.2, 0.25) is 5.91 Å². The Kier molecular flexibility index (Phi) is 6.27. The molecule has 1 aromatic heterocycles. The van der Waals surface area contributed by atoms with Crippen molar-refractivity contribution in [1.82, 2.24) is 15.2 Å². The molecule has 178 valence electrons. The molecule has 0 saturated heterocycles. The fraction of sp³-hybridized carbons (Fsp3) is 0.241. The fourth-order valence-electron chi connectivity index (χ4n) is 4.94. The molecule has 1 atom stereocenters. The highest BCUT2D eigenvalue weighted by Crippen LogP contribution is 2.45. The number of methoxy groups -OCH3 is 1. The van der Waals surface area contributed by atoms with Crippen LogP contribution >= 0.6 is 0 Å². The Balaban J connectivity index is 1.65. The van der Waals surface area contributed by atoms with Crippen LogP contribution < -0.4 is 10.1 Å². The average Bonchev–Trinajstić information content (AvgIpc) is 3.41. The zero-order valence-electron chi connectivity index (χ0n) is 20.0. The van der Waals surface area contributed by atoms with Crippen molar-refractivity contribution >= 4 is 22.7 Å². The van der Waals surface area contributed by atoms with E-state index < -0.39 is 0 Å². The number of fused-ring (bicyclic) bond motifs is 2. The average molecular weight is 468 g/mol. The molecule has 4 aromatic rings. The minimum Gasteiger partial charge on any atom is -0.497 e. The molecule has 0 bridgehead atoms. The number of nitrogens with one attached hydrogen (secondary N) is 2. The molecule has 1 aliphatic heterocycles. The van der Waals surface area contributed by atoms with Crippen molar-refractivity contribution in [2.24, 2.45) is 0 Å². The Morgan fingerprint density at radius 3 is 2.69 bits per heavy atom. The predicted octanol–water partition coefficient (Wildman–Crippen LogP) is 5.31. The van der Waals surface area contributed by atoms with Gasteiger partial charge in [-0.25, -0.2) is 0 Å². The van der Waals surface area contributed by atoms with Gasteiger partial charge in [0, 0.05) is 47.1 Å². The lowest BCUT2D eigenvalue weighted by molar-refractivity contribution is -0.121. The number of benzene rings is 3. The fourth-order valence-corrected chi connectivity index (χ4v) is 4.94. The largest absolute Gasteiger partial charge is 0.497 e. The number of amides is 2. The van der Waals surface area contributed by atoms with Gasteiger partial charge >= 0.3 is 0 Å². The SMILES string of the molecule is CCCNC(=O)CCN1C(=O)c2ccccc2[C@@H]1c1c(-c2cccc(OC)c2)[nH]c2ccccc12. The van der Waals surface area contributed by atoms with E-state index in [9.17, 15) is 9.59 Å². The highest BCUT2D eigenvalue weighted by atomic mass is 16.5. The summed E-state index contributed by atoms with van der Waals surface area (Å²) in [7, 11) is 1.66. The second kappa shape index (κ2) is 9.66. The van der Waals surface area contributed by atoms with Crippen LogP contribution in [0.4, 0.5) is 0 Å². The summed E-state index contributed by atoms with van der Waals surface area (Å²) in [5, 5.41) is 3.98. The van der Waals surface area contributed by atoms with E-state index in [1.165, 1.54) is 0 Å². The van der Waals surface area contributed by atoms with Crippen LogP contribution in [-0.4, -0.2) is 41.9 Å².